The molecule has 2 atom stereocenters. The van der Waals surface area contributed by atoms with Gasteiger partial charge in [-0.3, -0.25) is 0 Å². The quantitative estimate of drug-likeness (QED) is 0.747. The number of nitrogens with zero attached hydrogens (tertiary/aromatic N) is 2. The monoisotopic (exact) mass is 348 g/mol. The number of ether oxygens (including phenoxy) is 2. The fourth-order valence-electron chi connectivity index (χ4n) is 3.20. The SMILES string of the molecule is CC(C)CC1COC(CCc2ccc(Cl)cc2)(Cn2ccnc2)O1. The van der Waals surface area contributed by atoms with Crippen molar-refractivity contribution in [2.45, 2.75) is 51.5 Å². The summed E-state index contributed by atoms with van der Waals surface area (Å²) in [6.45, 7) is 5.75. The van der Waals surface area contributed by atoms with Crippen molar-refractivity contribution in [2.75, 3.05) is 6.61 Å². The Morgan fingerprint density at radius 2 is 2.12 bits per heavy atom. The van der Waals surface area contributed by atoms with E-state index in [0.29, 0.717) is 19.1 Å². The van der Waals surface area contributed by atoms with Crippen LogP contribution >= 0.6 is 11.6 Å². The molecule has 130 valence electrons. The minimum absolute atomic E-state index is 0.165. The average Bonchev–Trinajstić information content (AvgIpc) is 3.17. The minimum atomic E-state index is -0.583. The van der Waals surface area contributed by atoms with Crippen molar-refractivity contribution in [3.63, 3.8) is 0 Å². The molecule has 0 spiro atoms. The van der Waals surface area contributed by atoms with Gasteiger partial charge in [-0.05, 0) is 36.5 Å². The molecule has 0 radical (unpaired) electrons. The van der Waals surface area contributed by atoms with Crippen LogP contribution < -0.4 is 0 Å². The zero-order valence-corrected chi connectivity index (χ0v) is 15.1. The molecule has 0 saturated carbocycles. The van der Waals surface area contributed by atoms with Crippen LogP contribution in [0.3, 0.4) is 0 Å². The first-order valence-electron chi connectivity index (χ1n) is 8.57. The van der Waals surface area contributed by atoms with Crippen LogP contribution in [0.1, 0.15) is 32.3 Å². The van der Waals surface area contributed by atoms with Gasteiger partial charge in [0.25, 0.3) is 0 Å². The van der Waals surface area contributed by atoms with E-state index in [1.807, 2.05) is 29.2 Å². The van der Waals surface area contributed by atoms with Crippen LogP contribution in [-0.4, -0.2) is 28.0 Å². The van der Waals surface area contributed by atoms with Gasteiger partial charge in [0, 0.05) is 23.8 Å². The van der Waals surface area contributed by atoms with Gasteiger partial charge in [0.2, 0.25) is 0 Å². The third-order valence-corrected chi connectivity index (χ3v) is 4.59. The lowest BCUT2D eigenvalue weighted by molar-refractivity contribution is -0.183. The summed E-state index contributed by atoms with van der Waals surface area (Å²) in [5.41, 5.74) is 1.24. The van der Waals surface area contributed by atoms with Crippen molar-refractivity contribution >= 4 is 11.6 Å². The molecule has 1 saturated heterocycles. The molecule has 0 N–H and O–H groups in total. The maximum Gasteiger partial charge on any atom is 0.187 e. The van der Waals surface area contributed by atoms with Gasteiger partial charge in [-0.15, -0.1) is 0 Å². The molecule has 0 bridgehead atoms. The van der Waals surface area contributed by atoms with E-state index in [1.165, 1.54) is 5.56 Å². The Labute approximate surface area is 148 Å². The van der Waals surface area contributed by atoms with Gasteiger partial charge in [0.1, 0.15) is 0 Å². The predicted octanol–water partition coefficient (Wildman–Crippen LogP) is 4.33. The van der Waals surface area contributed by atoms with Crippen LogP contribution in [0.25, 0.3) is 0 Å². The molecule has 3 rings (SSSR count). The van der Waals surface area contributed by atoms with Crippen molar-refractivity contribution in [1.29, 1.82) is 0 Å². The molecule has 1 aliphatic rings. The minimum Gasteiger partial charge on any atom is -0.345 e. The smallest absolute Gasteiger partial charge is 0.187 e. The van der Waals surface area contributed by atoms with E-state index in [9.17, 15) is 0 Å². The van der Waals surface area contributed by atoms with E-state index in [2.05, 4.69) is 31.0 Å². The molecule has 1 aromatic carbocycles. The highest BCUT2D eigenvalue weighted by molar-refractivity contribution is 6.30. The lowest BCUT2D eigenvalue weighted by Crippen LogP contribution is -2.36. The summed E-state index contributed by atoms with van der Waals surface area (Å²) in [6.07, 6.45) is 8.43. The van der Waals surface area contributed by atoms with Crippen LogP contribution in [0.15, 0.2) is 43.0 Å². The number of halogens is 1. The summed E-state index contributed by atoms with van der Waals surface area (Å²) in [5.74, 6) is 0.0128. The Kier molecular flexibility index (Phi) is 5.59. The molecule has 4 nitrogen and oxygen atoms in total. The van der Waals surface area contributed by atoms with Crippen LogP contribution in [0.5, 0.6) is 0 Å². The Balaban J connectivity index is 1.69. The van der Waals surface area contributed by atoms with Crippen LogP contribution in [-0.2, 0) is 22.4 Å². The van der Waals surface area contributed by atoms with Crippen LogP contribution in [0.2, 0.25) is 5.02 Å². The third-order valence-electron chi connectivity index (χ3n) is 4.34. The summed E-state index contributed by atoms with van der Waals surface area (Å²) in [5, 5.41) is 0.761. The zero-order valence-electron chi connectivity index (χ0n) is 14.3. The number of aryl methyl sites for hydroxylation is 1. The first-order chi connectivity index (χ1) is 11.5. The second kappa shape index (κ2) is 7.68. The molecule has 2 unspecified atom stereocenters. The average molecular weight is 349 g/mol. The van der Waals surface area contributed by atoms with Gasteiger partial charge in [0.05, 0.1) is 25.6 Å². The maximum absolute atomic E-state index is 6.38. The topological polar surface area (TPSA) is 36.3 Å². The number of hydrogen-bond acceptors (Lipinski definition) is 3. The highest BCUT2D eigenvalue weighted by Crippen LogP contribution is 2.33. The number of rotatable bonds is 7. The molecule has 1 fully saturated rings. The van der Waals surface area contributed by atoms with Crippen molar-refractivity contribution in [3.8, 4) is 0 Å². The molecular weight excluding hydrogens is 324 g/mol. The molecule has 0 aliphatic carbocycles. The van der Waals surface area contributed by atoms with E-state index in [-0.39, 0.29) is 6.10 Å². The Bertz CT molecular complexity index is 627. The first-order valence-corrected chi connectivity index (χ1v) is 8.94. The first kappa shape index (κ1) is 17.5. The second-order valence-corrected chi connectivity index (χ2v) is 7.39. The molecule has 2 aromatic rings. The van der Waals surface area contributed by atoms with Gasteiger partial charge in [-0.2, -0.15) is 0 Å². The molecule has 0 amide bonds. The number of benzene rings is 1. The maximum atomic E-state index is 6.38. The zero-order chi connectivity index (χ0) is 17.0. The van der Waals surface area contributed by atoms with Crippen molar-refractivity contribution in [2.24, 2.45) is 5.92 Å². The number of aromatic nitrogens is 2. The van der Waals surface area contributed by atoms with Crippen LogP contribution in [0.4, 0.5) is 0 Å². The number of imidazole rings is 1. The molecule has 2 heterocycles. The van der Waals surface area contributed by atoms with Gasteiger partial charge < -0.3 is 14.0 Å². The summed E-state index contributed by atoms with van der Waals surface area (Å²) in [6, 6.07) is 7.98. The Morgan fingerprint density at radius 3 is 2.79 bits per heavy atom. The van der Waals surface area contributed by atoms with Crippen molar-refractivity contribution in [3.05, 3.63) is 53.6 Å². The largest absolute Gasteiger partial charge is 0.345 e. The van der Waals surface area contributed by atoms with E-state index in [4.69, 9.17) is 21.1 Å². The van der Waals surface area contributed by atoms with Gasteiger partial charge in [-0.1, -0.05) is 37.6 Å². The van der Waals surface area contributed by atoms with E-state index in [0.717, 1.165) is 24.3 Å². The molecular formula is C19H25ClN2O2. The summed E-state index contributed by atoms with van der Waals surface area (Å²) in [7, 11) is 0. The summed E-state index contributed by atoms with van der Waals surface area (Å²) in [4.78, 5) is 4.13. The second-order valence-electron chi connectivity index (χ2n) is 6.95. The van der Waals surface area contributed by atoms with E-state index in [1.54, 1.807) is 6.20 Å². The Morgan fingerprint density at radius 1 is 1.33 bits per heavy atom. The highest BCUT2D eigenvalue weighted by atomic mass is 35.5. The fourth-order valence-corrected chi connectivity index (χ4v) is 3.32. The van der Waals surface area contributed by atoms with Gasteiger partial charge in [-0.25, -0.2) is 4.98 Å². The lowest BCUT2D eigenvalue weighted by atomic mass is 10.0. The standard InChI is InChI=1S/C19H25ClN2O2/c1-15(2)11-18-12-23-19(24-18,13-22-10-9-21-14-22)8-7-16-3-5-17(20)6-4-16/h3-6,9-10,14-15,18H,7-8,11-13H2,1-2H3. The molecule has 1 aliphatic heterocycles. The number of hydrogen-bond donors (Lipinski definition) is 0. The fraction of sp³-hybridized carbons (Fsp3) is 0.526. The normalized spacial score (nSPS) is 23.9. The van der Waals surface area contributed by atoms with Gasteiger partial charge in [0.15, 0.2) is 5.79 Å². The van der Waals surface area contributed by atoms with Crippen molar-refractivity contribution < 1.29 is 9.47 Å². The molecule has 1 aromatic heterocycles. The van der Waals surface area contributed by atoms with Crippen LogP contribution in [0, 0.1) is 5.92 Å². The van der Waals surface area contributed by atoms with E-state index < -0.39 is 5.79 Å². The van der Waals surface area contributed by atoms with E-state index >= 15 is 0 Å². The summed E-state index contributed by atoms with van der Waals surface area (Å²) >= 11 is 5.97. The van der Waals surface area contributed by atoms with Gasteiger partial charge >= 0.3 is 0 Å². The summed E-state index contributed by atoms with van der Waals surface area (Å²) < 4.78 is 14.6. The third kappa shape index (κ3) is 4.59. The Hall–Kier alpha value is -1.36. The molecule has 24 heavy (non-hydrogen) atoms. The molecule has 5 heteroatoms. The lowest BCUT2D eigenvalue weighted by Gasteiger charge is -2.29. The highest BCUT2D eigenvalue weighted by Gasteiger charge is 2.41. The predicted molar refractivity (Wildman–Crippen MR) is 95.0 cm³/mol. The van der Waals surface area contributed by atoms with Crippen molar-refractivity contribution in [1.82, 2.24) is 9.55 Å².